The first-order chi connectivity index (χ1) is 22.5. The number of rotatable bonds is 3. The van der Waals surface area contributed by atoms with Crippen molar-refractivity contribution in [1.29, 1.82) is 0 Å². The number of amides is 1. The number of aromatic nitrogens is 1. The normalized spacial score (nSPS) is 43.9. The smallest absolute Gasteiger partial charge is 0.302 e. The number of ether oxygens (including phenoxy) is 1. The summed E-state index contributed by atoms with van der Waals surface area (Å²) in [5.74, 6) is 0.155. The summed E-state index contributed by atoms with van der Waals surface area (Å²) in [4.78, 5) is 44.6. The highest BCUT2D eigenvalue weighted by molar-refractivity contribution is 5.96. The number of para-hydroxylation sites is 1. The van der Waals surface area contributed by atoms with E-state index in [2.05, 4.69) is 62.8 Å². The molecule has 8 nitrogen and oxygen atoms in total. The van der Waals surface area contributed by atoms with Gasteiger partial charge in [0.2, 0.25) is 5.88 Å². The van der Waals surface area contributed by atoms with Crippen LogP contribution in [0.25, 0.3) is 10.9 Å². The number of esters is 1. The van der Waals surface area contributed by atoms with Crippen molar-refractivity contribution in [2.75, 3.05) is 0 Å². The molecule has 1 aromatic carbocycles. The summed E-state index contributed by atoms with van der Waals surface area (Å²) in [7, 11) is 0. The average molecular weight is 656 g/mol. The van der Waals surface area contributed by atoms with E-state index in [0.29, 0.717) is 41.5 Å². The second-order valence-corrected chi connectivity index (χ2v) is 17.6. The highest BCUT2D eigenvalue weighted by atomic mass is 16.5. The molecule has 48 heavy (non-hydrogen) atoms. The van der Waals surface area contributed by atoms with Crippen LogP contribution in [0.15, 0.2) is 46.1 Å². The molecule has 2 N–H and O–H groups in total. The quantitative estimate of drug-likeness (QED) is 0.252. The number of nitrogens with one attached hydrogen (secondary N) is 1. The molecule has 0 bridgehead atoms. The second kappa shape index (κ2) is 10.9. The van der Waals surface area contributed by atoms with Gasteiger partial charge in [0.15, 0.2) is 11.5 Å². The van der Waals surface area contributed by atoms with Crippen LogP contribution in [0.2, 0.25) is 0 Å². The number of carbonyl (C=O) groups excluding carboxylic acids is 3. The maximum atomic E-state index is 14.8. The van der Waals surface area contributed by atoms with E-state index >= 15 is 0 Å². The van der Waals surface area contributed by atoms with Gasteiger partial charge in [-0.25, -0.2) is 0 Å². The zero-order valence-electron chi connectivity index (χ0n) is 30.0. The van der Waals surface area contributed by atoms with E-state index in [1.165, 1.54) is 31.8 Å². The van der Waals surface area contributed by atoms with Gasteiger partial charge in [0.05, 0.1) is 10.9 Å². The zero-order chi connectivity index (χ0) is 34.6. The fourth-order valence-electron chi connectivity index (χ4n) is 12.4. The molecule has 5 aliphatic rings. The second-order valence-electron chi connectivity index (χ2n) is 17.6. The number of hydrogen-bond donors (Lipinski definition) is 2. The predicted octanol–water partition coefficient (Wildman–Crippen LogP) is 9.25. The van der Waals surface area contributed by atoms with Gasteiger partial charge in [-0.15, -0.1) is 10.2 Å². The lowest BCUT2D eigenvalue weighted by Gasteiger charge is -2.70. The fraction of sp³-hybridized carbons (Fsp3) is 0.675. The number of H-pyrrole nitrogens is 1. The van der Waals surface area contributed by atoms with Crippen molar-refractivity contribution in [3.8, 4) is 5.88 Å². The SMILES string of the molecule is CC(=O)O[C@@H]1CC[C@@]2(C)[C@@H](CC[C@]3(C)[C@@H]2C(=O)C=C2[C@@H]4[C@@H](C)[C@H](C)CC[C@]4(C)CC[C@]23C)[C@@]1(C)C(=O)N=Nc1c(O)[nH]c2ccccc12. The number of nitrogens with zero attached hydrogens (tertiary/aromatic N) is 2. The molecule has 8 heteroatoms. The van der Waals surface area contributed by atoms with Gasteiger partial charge in [-0.05, 0) is 116 Å². The van der Waals surface area contributed by atoms with Gasteiger partial charge < -0.3 is 14.8 Å². The van der Waals surface area contributed by atoms with Crippen LogP contribution in [-0.2, 0) is 19.1 Å². The minimum Gasteiger partial charge on any atom is -0.493 e. The van der Waals surface area contributed by atoms with Gasteiger partial charge in [-0.1, -0.05) is 65.3 Å². The van der Waals surface area contributed by atoms with Crippen LogP contribution in [0.4, 0.5) is 5.69 Å². The van der Waals surface area contributed by atoms with E-state index in [1.54, 1.807) is 0 Å². The molecule has 0 saturated heterocycles. The molecule has 1 heterocycles. The molecule has 0 radical (unpaired) electrons. The highest BCUT2D eigenvalue weighted by Crippen LogP contribution is 2.75. The molecule has 7 rings (SSSR count). The van der Waals surface area contributed by atoms with E-state index < -0.39 is 28.8 Å². The minimum absolute atomic E-state index is 0.116. The Morgan fingerprint density at radius 1 is 0.958 bits per heavy atom. The average Bonchev–Trinajstić information content (AvgIpc) is 3.35. The number of azo groups is 1. The van der Waals surface area contributed by atoms with E-state index in [9.17, 15) is 19.5 Å². The fourth-order valence-corrected chi connectivity index (χ4v) is 12.4. The molecule has 0 unspecified atom stereocenters. The Kier molecular flexibility index (Phi) is 7.51. The maximum Gasteiger partial charge on any atom is 0.302 e. The Hall–Kier alpha value is -3.29. The Bertz CT molecular complexity index is 1760. The summed E-state index contributed by atoms with van der Waals surface area (Å²) in [5, 5.41) is 19.8. The zero-order valence-corrected chi connectivity index (χ0v) is 30.0. The van der Waals surface area contributed by atoms with Gasteiger partial charge in [0.25, 0.3) is 5.91 Å². The molecule has 5 aliphatic carbocycles. The van der Waals surface area contributed by atoms with Crippen molar-refractivity contribution in [3.05, 3.63) is 35.9 Å². The number of benzene rings is 1. The van der Waals surface area contributed by atoms with Gasteiger partial charge in [-0.2, -0.15) is 0 Å². The first-order valence-corrected chi connectivity index (χ1v) is 18.2. The van der Waals surface area contributed by atoms with Crippen LogP contribution in [-0.4, -0.2) is 33.9 Å². The van der Waals surface area contributed by atoms with Crippen LogP contribution >= 0.6 is 0 Å². The molecule has 1 aromatic heterocycles. The molecule has 1 amide bonds. The van der Waals surface area contributed by atoms with Crippen molar-refractivity contribution in [2.45, 2.75) is 113 Å². The Morgan fingerprint density at radius 3 is 2.42 bits per heavy atom. The largest absolute Gasteiger partial charge is 0.493 e. The number of aromatic hydroxyl groups is 1. The van der Waals surface area contributed by atoms with Gasteiger partial charge in [0, 0.05) is 18.2 Å². The molecule has 0 spiro atoms. The van der Waals surface area contributed by atoms with Crippen molar-refractivity contribution in [3.63, 3.8) is 0 Å². The Labute approximate surface area is 284 Å². The molecule has 258 valence electrons. The number of allylic oxidation sites excluding steroid dienone is 2. The lowest BCUT2D eigenvalue weighted by atomic mass is 9.33. The van der Waals surface area contributed by atoms with Gasteiger partial charge >= 0.3 is 5.97 Å². The summed E-state index contributed by atoms with van der Waals surface area (Å²) < 4.78 is 5.92. The Morgan fingerprint density at radius 2 is 1.69 bits per heavy atom. The molecular weight excluding hydrogens is 602 g/mol. The topological polar surface area (TPSA) is 121 Å². The van der Waals surface area contributed by atoms with Gasteiger partial charge in [0.1, 0.15) is 6.10 Å². The first-order valence-electron chi connectivity index (χ1n) is 18.2. The van der Waals surface area contributed by atoms with Gasteiger partial charge in [-0.3, -0.25) is 14.4 Å². The summed E-state index contributed by atoms with van der Waals surface area (Å²) in [6, 6.07) is 7.32. The van der Waals surface area contributed by atoms with Crippen molar-refractivity contribution in [1.82, 2.24) is 4.98 Å². The van der Waals surface area contributed by atoms with E-state index in [0.717, 1.165) is 19.3 Å². The molecule has 4 saturated carbocycles. The summed E-state index contributed by atoms with van der Waals surface area (Å²) in [6.07, 6.45) is 8.76. The number of aromatic amines is 1. The number of ketones is 1. The lowest BCUT2D eigenvalue weighted by molar-refractivity contribution is -0.213. The minimum atomic E-state index is -1.20. The van der Waals surface area contributed by atoms with Crippen molar-refractivity contribution in [2.24, 2.45) is 66.9 Å². The number of hydrogen-bond acceptors (Lipinski definition) is 6. The number of fused-ring (bicyclic) bond motifs is 8. The lowest BCUT2D eigenvalue weighted by Crippen LogP contribution is -2.68. The summed E-state index contributed by atoms with van der Waals surface area (Å²) >= 11 is 0. The molecule has 4 fully saturated rings. The van der Waals surface area contributed by atoms with Crippen LogP contribution in [0.1, 0.15) is 107 Å². The third-order valence-corrected chi connectivity index (χ3v) is 15.4. The predicted molar refractivity (Wildman–Crippen MR) is 184 cm³/mol. The van der Waals surface area contributed by atoms with Crippen LogP contribution < -0.4 is 0 Å². The monoisotopic (exact) mass is 655 g/mol. The van der Waals surface area contributed by atoms with Crippen LogP contribution in [0, 0.1) is 56.7 Å². The first kappa shape index (κ1) is 33.2. The highest BCUT2D eigenvalue weighted by Gasteiger charge is 2.72. The maximum absolute atomic E-state index is 14.8. The van der Waals surface area contributed by atoms with Crippen LogP contribution in [0.5, 0.6) is 5.88 Å². The molecule has 2 aromatic rings. The summed E-state index contributed by atoms with van der Waals surface area (Å²) in [5.41, 5.74) is 0.403. The van der Waals surface area contributed by atoms with Crippen molar-refractivity contribution < 1.29 is 24.2 Å². The summed E-state index contributed by atoms with van der Waals surface area (Å²) in [6.45, 7) is 17.6. The Balaban J connectivity index is 1.30. The van der Waals surface area contributed by atoms with Crippen molar-refractivity contribution >= 4 is 34.3 Å². The van der Waals surface area contributed by atoms with Crippen LogP contribution in [0.3, 0.4) is 0 Å². The third-order valence-electron chi connectivity index (χ3n) is 15.4. The van der Waals surface area contributed by atoms with E-state index in [4.69, 9.17) is 4.74 Å². The third kappa shape index (κ3) is 4.35. The molecule has 11 atom stereocenters. The molecular formula is C40H53N3O5. The van der Waals surface area contributed by atoms with E-state index in [1.807, 2.05) is 31.2 Å². The molecule has 0 aliphatic heterocycles. The number of carbonyl (C=O) groups is 3. The van der Waals surface area contributed by atoms with E-state index in [-0.39, 0.29) is 45.4 Å². The standard InChI is InChI=1S/C40H53N3O5/c1-22-13-16-36(4)19-20-38(6)26(31(36)23(22)2)21-28(45)33-37(5)17-15-30(48-24(3)44)40(8,29(37)14-18-39(33,38)7)35(47)43-42-32-25-11-9-10-12-27(25)41-34(32)46/h9-12,21-23,29-31,33,41,46H,13-20H2,1-8H3/t22-,23+,29-,30-,31+,33-,36-,37+,38-,39-,40-/m1/s1.